The molecule has 2 aromatic heterocycles. The molecule has 0 saturated carbocycles. The first-order valence-corrected chi connectivity index (χ1v) is 9.81. The lowest BCUT2D eigenvalue weighted by molar-refractivity contribution is -0.140. The van der Waals surface area contributed by atoms with Gasteiger partial charge in [-0.2, -0.15) is 0 Å². The van der Waals surface area contributed by atoms with Crippen LogP contribution < -0.4 is 4.90 Å². The number of ether oxygens (including phenoxy) is 1. The Morgan fingerprint density at radius 3 is 2.79 bits per heavy atom. The molecule has 3 aliphatic rings. The van der Waals surface area contributed by atoms with Crippen molar-refractivity contribution in [1.82, 2.24) is 34.8 Å². The van der Waals surface area contributed by atoms with Gasteiger partial charge in [0, 0.05) is 51.7 Å². The number of fused-ring (bicyclic) bond motifs is 3. The maximum Gasteiger partial charge on any atom is 0.236 e. The molecule has 2 aromatic rings. The van der Waals surface area contributed by atoms with Crippen LogP contribution in [0.25, 0.3) is 0 Å². The summed E-state index contributed by atoms with van der Waals surface area (Å²) < 4.78 is 7.94. The molecule has 0 aromatic carbocycles. The second-order valence-electron chi connectivity index (χ2n) is 7.53. The van der Waals surface area contributed by atoms with Crippen LogP contribution in [0.4, 0.5) is 5.95 Å². The van der Waals surface area contributed by atoms with E-state index in [2.05, 4.69) is 30.1 Å². The van der Waals surface area contributed by atoms with Gasteiger partial charge in [-0.1, -0.05) is 5.21 Å². The standard InChI is InChI=1S/C18H24N8O2/c27-17(12-23-6-8-24(9-7-23)18-19-3-1-4-20-18)25-5-2-15-16(11-25)28-13-14-10-21-22-26(14)15/h1,3-4,10,15-16H,2,5-9,11-13H2/t15-,16-/m0/s1. The van der Waals surface area contributed by atoms with Crippen molar-refractivity contribution >= 4 is 11.9 Å². The Morgan fingerprint density at radius 1 is 1.14 bits per heavy atom. The lowest BCUT2D eigenvalue weighted by Gasteiger charge is -2.42. The van der Waals surface area contributed by atoms with Crippen molar-refractivity contribution in [3.8, 4) is 0 Å². The van der Waals surface area contributed by atoms with E-state index in [0.29, 0.717) is 19.7 Å². The number of amides is 1. The predicted molar refractivity (Wildman–Crippen MR) is 99.5 cm³/mol. The van der Waals surface area contributed by atoms with Gasteiger partial charge in [-0.15, -0.1) is 5.10 Å². The Labute approximate surface area is 163 Å². The van der Waals surface area contributed by atoms with Gasteiger partial charge in [0.15, 0.2) is 0 Å². The molecule has 2 fully saturated rings. The van der Waals surface area contributed by atoms with Gasteiger partial charge >= 0.3 is 0 Å². The fraction of sp³-hybridized carbons (Fsp3) is 0.611. The van der Waals surface area contributed by atoms with Crippen LogP contribution in [0.15, 0.2) is 24.7 Å². The van der Waals surface area contributed by atoms with Gasteiger partial charge in [0.05, 0.1) is 37.2 Å². The summed E-state index contributed by atoms with van der Waals surface area (Å²) in [5, 5.41) is 8.18. The van der Waals surface area contributed by atoms with E-state index >= 15 is 0 Å². The molecule has 10 nitrogen and oxygen atoms in total. The summed E-state index contributed by atoms with van der Waals surface area (Å²) in [6.07, 6.45) is 6.13. The van der Waals surface area contributed by atoms with Gasteiger partial charge in [-0.25, -0.2) is 14.6 Å². The van der Waals surface area contributed by atoms with Crippen LogP contribution >= 0.6 is 0 Å². The van der Waals surface area contributed by atoms with Gasteiger partial charge in [-0.05, 0) is 12.5 Å². The second-order valence-corrected chi connectivity index (χ2v) is 7.53. The molecule has 10 heteroatoms. The molecular weight excluding hydrogens is 360 g/mol. The average molecular weight is 384 g/mol. The van der Waals surface area contributed by atoms with Crippen LogP contribution in [0.3, 0.4) is 0 Å². The summed E-state index contributed by atoms with van der Waals surface area (Å²) in [7, 11) is 0. The first-order chi connectivity index (χ1) is 13.8. The minimum Gasteiger partial charge on any atom is -0.368 e. The monoisotopic (exact) mass is 384 g/mol. The highest BCUT2D eigenvalue weighted by molar-refractivity contribution is 5.78. The summed E-state index contributed by atoms with van der Waals surface area (Å²) in [6.45, 7) is 5.67. The Morgan fingerprint density at radius 2 is 1.96 bits per heavy atom. The molecule has 5 rings (SSSR count). The fourth-order valence-electron chi connectivity index (χ4n) is 4.27. The minimum absolute atomic E-state index is 0.000947. The lowest BCUT2D eigenvalue weighted by atomic mass is 10.00. The summed E-state index contributed by atoms with van der Waals surface area (Å²) in [5.41, 5.74) is 1.02. The molecular formula is C18H24N8O2. The normalized spacial score (nSPS) is 25.3. The van der Waals surface area contributed by atoms with Crippen molar-refractivity contribution in [2.45, 2.75) is 25.2 Å². The molecule has 2 atom stereocenters. The van der Waals surface area contributed by atoms with Gasteiger partial charge in [0.25, 0.3) is 0 Å². The third kappa shape index (κ3) is 3.33. The summed E-state index contributed by atoms with van der Waals surface area (Å²) in [6, 6.07) is 2.01. The number of piperidine rings is 1. The molecule has 3 aliphatic heterocycles. The van der Waals surface area contributed by atoms with Crippen LogP contribution in [0.2, 0.25) is 0 Å². The van der Waals surface area contributed by atoms with Crippen LogP contribution in [-0.2, 0) is 16.1 Å². The molecule has 2 saturated heterocycles. The molecule has 0 N–H and O–H groups in total. The number of hydrogen-bond donors (Lipinski definition) is 0. The van der Waals surface area contributed by atoms with E-state index in [0.717, 1.165) is 50.8 Å². The van der Waals surface area contributed by atoms with E-state index < -0.39 is 0 Å². The summed E-state index contributed by atoms with van der Waals surface area (Å²) >= 11 is 0. The highest BCUT2D eigenvalue weighted by atomic mass is 16.5. The average Bonchev–Trinajstić information content (AvgIpc) is 3.24. The Kier molecular flexibility index (Phi) is 4.65. The van der Waals surface area contributed by atoms with Crippen molar-refractivity contribution in [3.63, 3.8) is 0 Å². The fourth-order valence-corrected chi connectivity index (χ4v) is 4.27. The minimum atomic E-state index is -0.000947. The number of carbonyl (C=O) groups excluding carboxylic acids is 1. The van der Waals surface area contributed by atoms with Crippen molar-refractivity contribution < 1.29 is 9.53 Å². The highest BCUT2D eigenvalue weighted by Crippen LogP contribution is 2.30. The van der Waals surface area contributed by atoms with Gasteiger partial charge in [-0.3, -0.25) is 9.69 Å². The Hall–Kier alpha value is -2.59. The molecule has 0 radical (unpaired) electrons. The van der Waals surface area contributed by atoms with E-state index in [9.17, 15) is 4.79 Å². The molecule has 28 heavy (non-hydrogen) atoms. The van der Waals surface area contributed by atoms with Crippen LogP contribution in [0.1, 0.15) is 18.2 Å². The zero-order valence-electron chi connectivity index (χ0n) is 15.7. The maximum atomic E-state index is 12.8. The van der Waals surface area contributed by atoms with Crippen LogP contribution in [0.5, 0.6) is 0 Å². The molecule has 0 bridgehead atoms. The molecule has 0 unspecified atom stereocenters. The number of likely N-dealkylation sites (tertiary alicyclic amines) is 1. The number of nitrogens with zero attached hydrogens (tertiary/aromatic N) is 8. The molecule has 0 spiro atoms. The van der Waals surface area contributed by atoms with E-state index in [-0.39, 0.29) is 18.1 Å². The second kappa shape index (κ2) is 7.44. The number of piperazine rings is 1. The maximum absolute atomic E-state index is 12.8. The van der Waals surface area contributed by atoms with E-state index in [4.69, 9.17) is 4.74 Å². The largest absolute Gasteiger partial charge is 0.368 e. The molecule has 5 heterocycles. The smallest absolute Gasteiger partial charge is 0.236 e. The predicted octanol–water partition coefficient (Wildman–Crippen LogP) is -0.437. The van der Waals surface area contributed by atoms with E-state index in [1.54, 1.807) is 18.6 Å². The molecule has 1 amide bonds. The van der Waals surface area contributed by atoms with Gasteiger partial charge in [0.1, 0.15) is 0 Å². The summed E-state index contributed by atoms with van der Waals surface area (Å²) in [4.78, 5) is 27.8. The molecule has 148 valence electrons. The van der Waals surface area contributed by atoms with Crippen molar-refractivity contribution in [2.75, 3.05) is 50.7 Å². The highest BCUT2D eigenvalue weighted by Gasteiger charge is 2.38. The van der Waals surface area contributed by atoms with Gasteiger partial charge in [0.2, 0.25) is 11.9 Å². The number of rotatable bonds is 3. The van der Waals surface area contributed by atoms with Gasteiger partial charge < -0.3 is 14.5 Å². The number of anilines is 1. The lowest BCUT2D eigenvalue weighted by Crippen LogP contribution is -2.54. The molecule has 0 aliphatic carbocycles. The first kappa shape index (κ1) is 17.5. The third-order valence-corrected chi connectivity index (χ3v) is 5.85. The van der Waals surface area contributed by atoms with Crippen LogP contribution in [0, 0.1) is 0 Å². The van der Waals surface area contributed by atoms with Crippen LogP contribution in [-0.4, -0.2) is 92.6 Å². The summed E-state index contributed by atoms with van der Waals surface area (Å²) in [5.74, 6) is 0.938. The number of hydrogen-bond acceptors (Lipinski definition) is 8. The van der Waals surface area contributed by atoms with Crippen molar-refractivity contribution in [2.24, 2.45) is 0 Å². The SMILES string of the molecule is O=C(CN1CCN(c2ncccn2)CC1)N1CC[C@H]2[C@H](C1)OCc1cnnn12. The zero-order valence-corrected chi connectivity index (χ0v) is 15.7. The Balaban J connectivity index is 1.13. The quantitative estimate of drug-likeness (QED) is 0.703. The topological polar surface area (TPSA) is 92.5 Å². The van der Waals surface area contributed by atoms with Crippen molar-refractivity contribution in [1.29, 1.82) is 0 Å². The van der Waals surface area contributed by atoms with Crippen molar-refractivity contribution in [3.05, 3.63) is 30.4 Å². The Bertz CT molecular complexity index is 820. The first-order valence-electron chi connectivity index (χ1n) is 9.81. The number of carbonyl (C=O) groups is 1. The third-order valence-electron chi connectivity index (χ3n) is 5.85. The van der Waals surface area contributed by atoms with E-state index in [1.807, 2.05) is 15.6 Å². The zero-order chi connectivity index (χ0) is 18.9. The van der Waals surface area contributed by atoms with E-state index in [1.165, 1.54) is 0 Å². The number of aromatic nitrogens is 5.